The van der Waals surface area contributed by atoms with E-state index in [0.717, 1.165) is 5.75 Å². The molecule has 0 amide bonds. The van der Waals surface area contributed by atoms with E-state index in [1.807, 2.05) is 0 Å². The lowest BCUT2D eigenvalue weighted by Crippen LogP contribution is -2.23. The molecule has 74 valence electrons. The molecule has 0 radical (unpaired) electrons. The highest BCUT2D eigenvalue weighted by Crippen LogP contribution is 2.27. The van der Waals surface area contributed by atoms with E-state index in [2.05, 4.69) is 33.0 Å². The standard InChI is InChI=1S/C12H17BO/c1-2-3-11-6-4-9-8-10(13)5-7-12(9)14-11/h5,7-8,11H,2-4,6,13H2,1H3. The molecule has 1 aliphatic rings. The van der Waals surface area contributed by atoms with Crippen LogP contribution in [0.4, 0.5) is 0 Å². The largest absolute Gasteiger partial charge is 0.490 e. The highest BCUT2D eigenvalue weighted by atomic mass is 16.5. The third-order valence-electron chi connectivity index (χ3n) is 2.86. The van der Waals surface area contributed by atoms with E-state index in [1.165, 1.54) is 36.7 Å². The minimum atomic E-state index is 0.454. The van der Waals surface area contributed by atoms with Crippen LogP contribution in [0.3, 0.4) is 0 Å². The van der Waals surface area contributed by atoms with Gasteiger partial charge in [-0.1, -0.05) is 30.9 Å². The smallest absolute Gasteiger partial charge is 0.139 e. The molecule has 1 aromatic rings. The number of ether oxygens (including phenoxy) is 1. The molecule has 14 heavy (non-hydrogen) atoms. The summed E-state index contributed by atoms with van der Waals surface area (Å²) < 4.78 is 5.93. The van der Waals surface area contributed by atoms with E-state index in [-0.39, 0.29) is 0 Å². The average molecular weight is 188 g/mol. The first-order chi connectivity index (χ1) is 6.79. The molecule has 0 spiro atoms. The molecule has 0 aliphatic carbocycles. The summed E-state index contributed by atoms with van der Waals surface area (Å²) in [7, 11) is 2.14. The maximum atomic E-state index is 5.93. The average Bonchev–Trinajstić information content (AvgIpc) is 2.19. The van der Waals surface area contributed by atoms with Crippen LogP contribution in [-0.4, -0.2) is 14.0 Å². The molecule has 1 aliphatic heterocycles. The lowest BCUT2D eigenvalue weighted by Gasteiger charge is -2.26. The molecule has 2 rings (SSSR count). The molecule has 0 saturated heterocycles. The highest BCUT2D eigenvalue weighted by Gasteiger charge is 2.18. The van der Waals surface area contributed by atoms with E-state index in [9.17, 15) is 0 Å². The predicted molar refractivity (Wildman–Crippen MR) is 62.3 cm³/mol. The van der Waals surface area contributed by atoms with Gasteiger partial charge >= 0.3 is 0 Å². The normalized spacial score (nSPS) is 19.9. The second kappa shape index (κ2) is 4.08. The van der Waals surface area contributed by atoms with E-state index in [0.29, 0.717) is 6.10 Å². The summed E-state index contributed by atoms with van der Waals surface area (Å²) in [5.41, 5.74) is 2.72. The maximum Gasteiger partial charge on any atom is 0.139 e. The number of aryl methyl sites for hydroxylation is 1. The van der Waals surface area contributed by atoms with Gasteiger partial charge in [-0.2, -0.15) is 0 Å². The van der Waals surface area contributed by atoms with E-state index >= 15 is 0 Å². The Hall–Kier alpha value is -0.915. The summed E-state index contributed by atoms with van der Waals surface area (Å²) in [6.45, 7) is 2.22. The Morgan fingerprint density at radius 3 is 3.14 bits per heavy atom. The van der Waals surface area contributed by atoms with Gasteiger partial charge in [-0.05, 0) is 30.9 Å². The Kier molecular flexibility index (Phi) is 2.81. The summed E-state index contributed by atoms with van der Waals surface area (Å²) in [4.78, 5) is 0. The van der Waals surface area contributed by atoms with Gasteiger partial charge in [0.15, 0.2) is 0 Å². The monoisotopic (exact) mass is 188 g/mol. The number of benzene rings is 1. The third-order valence-corrected chi connectivity index (χ3v) is 2.86. The van der Waals surface area contributed by atoms with Crippen molar-refractivity contribution in [2.45, 2.75) is 38.7 Å². The summed E-state index contributed by atoms with van der Waals surface area (Å²) in [5, 5.41) is 0. The van der Waals surface area contributed by atoms with Gasteiger partial charge in [-0.3, -0.25) is 0 Å². The van der Waals surface area contributed by atoms with Crippen LogP contribution in [0.1, 0.15) is 31.7 Å². The lowest BCUT2D eigenvalue weighted by molar-refractivity contribution is 0.163. The van der Waals surface area contributed by atoms with Crippen molar-refractivity contribution in [3.05, 3.63) is 23.8 Å². The molecular formula is C12H17BO. The second-order valence-corrected chi connectivity index (χ2v) is 4.18. The van der Waals surface area contributed by atoms with Crippen LogP contribution in [0.25, 0.3) is 0 Å². The van der Waals surface area contributed by atoms with E-state index in [1.54, 1.807) is 0 Å². The molecule has 0 saturated carbocycles. The van der Waals surface area contributed by atoms with Crippen LogP contribution in [0.2, 0.25) is 0 Å². The van der Waals surface area contributed by atoms with Gasteiger partial charge in [-0.15, -0.1) is 0 Å². The first-order valence-electron chi connectivity index (χ1n) is 5.56. The zero-order chi connectivity index (χ0) is 9.97. The van der Waals surface area contributed by atoms with Gasteiger partial charge < -0.3 is 4.74 Å². The van der Waals surface area contributed by atoms with Crippen LogP contribution in [0, 0.1) is 0 Å². The summed E-state index contributed by atoms with van der Waals surface area (Å²) >= 11 is 0. The highest BCUT2D eigenvalue weighted by molar-refractivity contribution is 6.32. The van der Waals surface area contributed by atoms with Crippen LogP contribution < -0.4 is 10.2 Å². The zero-order valence-electron chi connectivity index (χ0n) is 9.05. The van der Waals surface area contributed by atoms with Gasteiger partial charge in [-0.25, -0.2) is 0 Å². The predicted octanol–water partition coefficient (Wildman–Crippen LogP) is 1.44. The molecule has 0 aromatic heterocycles. The molecule has 1 aromatic carbocycles. The van der Waals surface area contributed by atoms with Crippen LogP contribution in [0.5, 0.6) is 5.75 Å². The van der Waals surface area contributed by atoms with Crippen molar-refractivity contribution in [3.8, 4) is 5.75 Å². The lowest BCUT2D eigenvalue weighted by atomic mass is 9.91. The SMILES string of the molecule is Bc1ccc2c(c1)CCC(CCC)O2. The fraction of sp³-hybridized carbons (Fsp3) is 0.500. The number of fused-ring (bicyclic) bond motifs is 1. The molecule has 1 unspecified atom stereocenters. The first-order valence-corrected chi connectivity index (χ1v) is 5.56. The molecule has 2 heteroatoms. The zero-order valence-corrected chi connectivity index (χ0v) is 9.05. The quantitative estimate of drug-likeness (QED) is 0.638. The van der Waals surface area contributed by atoms with Gasteiger partial charge in [0.25, 0.3) is 0 Å². The Bertz CT molecular complexity index is 322. The number of rotatable bonds is 2. The Morgan fingerprint density at radius 1 is 1.50 bits per heavy atom. The summed E-state index contributed by atoms with van der Waals surface area (Å²) in [6.07, 6.45) is 5.22. The van der Waals surface area contributed by atoms with Crippen LogP contribution in [0.15, 0.2) is 18.2 Å². The number of hydrogen-bond acceptors (Lipinski definition) is 1. The second-order valence-electron chi connectivity index (χ2n) is 4.18. The molecule has 0 bridgehead atoms. The van der Waals surface area contributed by atoms with Crippen molar-refractivity contribution in [1.29, 1.82) is 0 Å². The Morgan fingerprint density at radius 2 is 2.36 bits per heavy atom. The van der Waals surface area contributed by atoms with Gasteiger partial charge in [0, 0.05) is 0 Å². The van der Waals surface area contributed by atoms with Gasteiger partial charge in [0.1, 0.15) is 13.6 Å². The van der Waals surface area contributed by atoms with Gasteiger partial charge in [0.2, 0.25) is 0 Å². The van der Waals surface area contributed by atoms with Crippen LogP contribution in [-0.2, 0) is 6.42 Å². The molecule has 0 fully saturated rings. The Labute approximate surface area is 86.9 Å². The maximum absolute atomic E-state index is 5.93. The first kappa shape index (κ1) is 9.63. The van der Waals surface area contributed by atoms with E-state index in [4.69, 9.17) is 4.74 Å². The molecular weight excluding hydrogens is 171 g/mol. The molecule has 0 N–H and O–H groups in total. The third kappa shape index (κ3) is 1.94. The van der Waals surface area contributed by atoms with Crippen molar-refractivity contribution in [1.82, 2.24) is 0 Å². The minimum absolute atomic E-state index is 0.454. The van der Waals surface area contributed by atoms with Crippen molar-refractivity contribution < 1.29 is 4.74 Å². The fourth-order valence-corrected chi connectivity index (χ4v) is 2.10. The van der Waals surface area contributed by atoms with Crippen molar-refractivity contribution in [2.24, 2.45) is 0 Å². The summed E-state index contributed by atoms with van der Waals surface area (Å²) in [6, 6.07) is 6.50. The van der Waals surface area contributed by atoms with E-state index < -0.39 is 0 Å². The fourth-order valence-electron chi connectivity index (χ4n) is 2.10. The topological polar surface area (TPSA) is 9.23 Å². The Balaban J connectivity index is 2.15. The number of hydrogen-bond donors (Lipinski definition) is 0. The summed E-state index contributed by atoms with van der Waals surface area (Å²) in [5.74, 6) is 1.11. The molecule has 1 atom stereocenters. The minimum Gasteiger partial charge on any atom is -0.490 e. The van der Waals surface area contributed by atoms with Crippen molar-refractivity contribution >= 4 is 13.3 Å². The van der Waals surface area contributed by atoms with Crippen molar-refractivity contribution in [3.63, 3.8) is 0 Å². The van der Waals surface area contributed by atoms with Gasteiger partial charge in [0.05, 0.1) is 6.10 Å². The van der Waals surface area contributed by atoms with Crippen LogP contribution >= 0.6 is 0 Å². The molecule has 1 heterocycles. The molecule has 1 nitrogen and oxygen atoms in total. The van der Waals surface area contributed by atoms with Crippen molar-refractivity contribution in [2.75, 3.05) is 0 Å².